The van der Waals surface area contributed by atoms with Crippen LogP contribution in [0.3, 0.4) is 0 Å². The highest BCUT2D eigenvalue weighted by atomic mass is 32.2. The summed E-state index contributed by atoms with van der Waals surface area (Å²) < 4.78 is 0. The number of carbonyl (C=O) groups is 1. The monoisotopic (exact) mass is 276 g/mol. The summed E-state index contributed by atoms with van der Waals surface area (Å²) in [5, 5.41) is 13.3. The molecule has 0 aliphatic rings. The molecule has 2 rings (SSSR count). The molecule has 1 aromatic carbocycles. The molecule has 0 amide bonds. The number of thioether (sulfide) groups is 1. The fraction of sp³-hybridized carbons (Fsp3) is 0.286. The Hall–Kier alpha value is -1.75. The number of nitrogens with one attached hydrogen (secondary N) is 1. The lowest BCUT2D eigenvalue weighted by atomic mass is 10.1. The number of fused-ring (bicyclic) bond motifs is 1. The van der Waals surface area contributed by atoms with Crippen molar-refractivity contribution in [2.75, 3.05) is 23.9 Å². The Labute approximate surface area is 116 Å². The molecule has 4 nitrogen and oxygen atoms in total. The van der Waals surface area contributed by atoms with Crippen LogP contribution in [0.2, 0.25) is 0 Å². The van der Waals surface area contributed by atoms with Gasteiger partial charge in [-0.1, -0.05) is 18.2 Å². The predicted octanol–water partition coefficient (Wildman–Crippen LogP) is 3.10. The molecule has 0 fully saturated rings. The normalized spacial score (nSPS) is 10.6. The summed E-state index contributed by atoms with van der Waals surface area (Å²) in [5.74, 6) is 0.101. The molecule has 0 atom stereocenters. The van der Waals surface area contributed by atoms with E-state index in [4.69, 9.17) is 0 Å². The number of rotatable bonds is 6. The maximum absolute atomic E-state index is 11.3. The molecule has 0 aliphatic heterocycles. The zero-order valence-electron chi connectivity index (χ0n) is 10.7. The maximum atomic E-state index is 11.3. The zero-order chi connectivity index (χ0) is 13.7. The van der Waals surface area contributed by atoms with Crippen LogP contribution in [0.25, 0.3) is 10.9 Å². The SMILES string of the molecule is CSCCCNc1c(C(=O)O)cnc2ccccc12. The maximum Gasteiger partial charge on any atom is 0.339 e. The van der Waals surface area contributed by atoms with Gasteiger partial charge in [0.25, 0.3) is 0 Å². The highest BCUT2D eigenvalue weighted by Gasteiger charge is 2.13. The van der Waals surface area contributed by atoms with Gasteiger partial charge >= 0.3 is 5.97 Å². The Morgan fingerprint density at radius 1 is 1.42 bits per heavy atom. The molecule has 19 heavy (non-hydrogen) atoms. The Morgan fingerprint density at radius 2 is 2.21 bits per heavy atom. The second-order valence-corrected chi connectivity index (χ2v) is 5.13. The Morgan fingerprint density at radius 3 is 2.95 bits per heavy atom. The summed E-state index contributed by atoms with van der Waals surface area (Å²) in [5.41, 5.74) is 1.70. The first-order chi connectivity index (χ1) is 9.24. The Balaban J connectivity index is 2.35. The molecule has 0 aliphatic carbocycles. The molecular weight excluding hydrogens is 260 g/mol. The number of hydrogen-bond donors (Lipinski definition) is 2. The molecule has 1 heterocycles. The first kappa shape index (κ1) is 13.7. The number of carboxylic acids is 1. The average molecular weight is 276 g/mol. The van der Waals surface area contributed by atoms with Crippen molar-refractivity contribution in [1.29, 1.82) is 0 Å². The molecule has 100 valence electrons. The van der Waals surface area contributed by atoms with Crippen LogP contribution in [-0.2, 0) is 0 Å². The summed E-state index contributed by atoms with van der Waals surface area (Å²) in [4.78, 5) is 15.5. The van der Waals surface area contributed by atoms with Crippen molar-refractivity contribution in [3.63, 3.8) is 0 Å². The van der Waals surface area contributed by atoms with Crippen LogP contribution < -0.4 is 5.32 Å². The van der Waals surface area contributed by atoms with Crippen LogP contribution in [0.4, 0.5) is 5.69 Å². The van der Waals surface area contributed by atoms with Gasteiger partial charge in [0.05, 0.1) is 11.2 Å². The van der Waals surface area contributed by atoms with E-state index < -0.39 is 5.97 Å². The summed E-state index contributed by atoms with van der Waals surface area (Å²) in [6.07, 6.45) is 4.48. The van der Waals surface area contributed by atoms with Crippen molar-refractivity contribution in [2.45, 2.75) is 6.42 Å². The van der Waals surface area contributed by atoms with Gasteiger partial charge < -0.3 is 10.4 Å². The molecule has 2 aromatic rings. The van der Waals surface area contributed by atoms with Gasteiger partial charge in [-0.25, -0.2) is 4.79 Å². The smallest absolute Gasteiger partial charge is 0.339 e. The van der Waals surface area contributed by atoms with Crippen molar-refractivity contribution in [2.24, 2.45) is 0 Å². The average Bonchev–Trinajstić information content (AvgIpc) is 2.43. The van der Waals surface area contributed by atoms with E-state index >= 15 is 0 Å². The van der Waals surface area contributed by atoms with E-state index in [0.717, 1.165) is 29.6 Å². The largest absolute Gasteiger partial charge is 0.478 e. The molecule has 0 bridgehead atoms. The summed E-state index contributed by atoms with van der Waals surface area (Å²) in [6, 6.07) is 7.57. The van der Waals surface area contributed by atoms with E-state index in [9.17, 15) is 9.90 Å². The van der Waals surface area contributed by atoms with Crippen LogP contribution in [0, 0.1) is 0 Å². The van der Waals surface area contributed by atoms with Crippen LogP contribution in [0.1, 0.15) is 16.8 Å². The number of aromatic nitrogens is 1. The fourth-order valence-corrected chi connectivity index (χ4v) is 2.36. The number of carboxylic acid groups (broad SMARTS) is 1. The molecule has 0 spiro atoms. The standard InChI is InChI=1S/C14H16N2O2S/c1-19-8-4-7-15-13-10-5-2-3-6-12(10)16-9-11(13)14(17)18/h2-3,5-6,9H,4,7-8H2,1H3,(H,15,16)(H,17,18). The molecule has 0 saturated carbocycles. The van der Waals surface area contributed by atoms with Crippen LogP contribution in [0.5, 0.6) is 0 Å². The van der Waals surface area contributed by atoms with E-state index in [1.54, 1.807) is 11.8 Å². The van der Waals surface area contributed by atoms with Crippen LogP contribution >= 0.6 is 11.8 Å². The quantitative estimate of drug-likeness (QED) is 0.794. The summed E-state index contributed by atoms with van der Waals surface area (Å²) in [6.45, 7) is 0.759. The summed E-state index contributed by atoms with van der Waals surface area (Å²) in [7, 11) is 0. The van der Waals surface area contributed by atoms with E-state index in [0.29, 0.717) is 5.69 Å². The van der Waals surface area contributed by atoms with Gasteiger partial charge in [0.15, 0.2) is 0 Å². The number of nitrogens with zero attached hydrogens (tertiary/aromatic N) is 1. The lowest BCUT2D eigenvalue weighted by Gasteiger charge is -2.12. The van der Waals surface area contributed by atoms with Crippen molar-refractivity contribution >= 4 is 34.3 Å². The van der Waals surface area contributed by atoms with E-state index in [2.05, 4.69) is 16.6 Å². The lowest BCUT2D eigenvalue weighted by molar-refractivity contribution is 0.0697. The second kappa shape index (κ2) is 6.43. The predicted molar refractivity (Wildman–Crippen MR) is 80.2 cm³/mol. The highest BCUT2D eigenvalue weighted by molar-refractivity contribution is 7.98. The highest BCUT2D eigenvalue weighted by Crippen LogP contribution is 2.25. The number of benzene rings is 1. The first-order valence-corrected chi connectivity index (χ1v) is 7.47. The molecule has 1 aromatic heterocycles. The Kier molecular flexibility index (Phi) is 4.63. The third kappa shape index (κ3) is 3.17. The minimum absolute atomic E-state index is 0.225. The van der Waals surface area contributed by atoms with Gasteiger partial charge in [-0.3, -0.25) is 4.98 Å². The molecule has 0 unspecified atom stereocenters. The minimum atomic E-state index is -0.953. The molecular formula is C14H16N2O2S. The molecule has 0 radical (unpaired) electrons. The minimum Gasteiger partial charge on any atom is -0.478 e. The fourth-order valence-electron chi connectivity index (χ4n) is 1.92. The van der Waals surface area contributed by atoms with Crippen LogP contribution in [-0.4, -0.2) is 34.6 Å². The topological polar surface area (TPSA) is 62.2 Å². The number of aromatic carboxylic acids is 1. The van der Waals surface area contributed by atoms with Crippen molar-refractivity contribution in [3.05, 3.63) is 36.0 Å². The molecule has 0 saturated heterocycles. The van der Waals surface area contributed by atoms with Crippen molar-refractivity contribution in [1.82, 2.24) is 4.98 Å². The van der Waals surface area contributed by atoms with Gasteiger partial charge in [-0.15, -0.1) is 0 Å². The van der Waals surface area contributed by atoms with Crippen molar-refractivity contribution in [3.8, 4) is 0 Å². The van der Waals surface area contributed by atoms with Gasteiger partial charge in [-0.05, 0) is 24.5 Å². The number of hydrogen-bond acceptors (Lipinski definition) is 4. The van der Waals surface area contributed by atoms with Gasteiger partial charge in [0.2, 0.25) is 0 Å². The third-order valence-corrected chi connectivity index (χ3v) is 3.53. The number of pyridine rings is 1. The van der Waals surface area contributed by atoms with Gasteiger partial charge in [0, 0.05) is 18.1 Å². The number of anilines is 1. The van der Waals surface area contributed by atoms with E-state index in [1.807, 2.05) is 24.3 Å². The van der Waals surface area contributed by atoms with E-state index in [1.165, 1.54) is 6.20 Å². The second-order valence-electron chi connectivity index (χ2n) is 4.14. The molecule has 2 N–H and O–H groups in total. The molecule has 5 heteroatoms. The zero-order valence-corrected chi connectivity index (χ0v) is 11.5. The van der Waals surface area contributed by atoms with Gasteiger partial charge in [0.1, 0.15) is 5.56 Å². The summed E-state index contributed by atoms with van der Waals surface area (Å²) >= 11 is 1.78. The third-order valence-electron chi connectivity index (χ3n) is 2.83. The first-order valence-electron chi connectivity index (χ1n) is 6.08. The van der Waals surface area contributed by atoms with Crippen molar-refractivity contribution < 1.29 is 9.90 Å². The number of para-hydroxylation sites is 1. The van der Waals surface area contributed by atoms with Gasteiger partial charge in [-0.2, -0.15) is 11.8 Å². The van der Waals surface area contributed by atoms with E-state index in [-0.39, 0.29) is 5.56 Å². The Bertz CT molecular complexity index is 587. The van der Waals surface area contributed by atoms with Crippen LogP contribution in [0.15, 0.2) is 30.5 Å². The lowest BCUT2D eigenvalue weighted by Crippen LogP contribution is -2.09.